The van der Waals surface area contributed by atoms with Gasteiger partial charge in [0.25, 0.3) is 0 Å². The van der Waals surface area contributed by atoms with Crippen molar-refractivity contribution in [1.82, 2.24) is 0 Å². The van der Waals surface area contributed by atoms with Gasteiger partial charge in [0.1, 0.15) is 19.3 Å². The molecule has 0 aromatic rings. The molecule has 87 heavy (non-hydrogen) atoms. The Morgan fingerprint density at radius 1 is 0.310 bits per heavy atom. The van der Waals surface area contributed by atoms with Crippen LogP contribution < -0.4 is 0 Å². The largest absolute Gasteiger partial charge is 0.472 e. The summed E-state index contributed by atoms with van der Waals surface area (Å²) in [6.45, 7) is 11.7. The molecule has 0 aromatic carbocycles. The molecule has 0 aliphatic heterocycles. The number of aliphatic hydroxyl groups excluding tert-OH is 1. The molecule has 5 atom stereocenters. The van der Waals surface area contributed by atoms with Crippen molar-refractivity contribution in [3.05, 3.63) is 0 Å². The van der Waals surface area contributed by atoms with Crippen molar-refractivity contribution in [2.24, 2.45) is 17.8 Å². The third-order valence-corrected chi connectivity index (χ3v) is 17.5. The van der Waals surface area contributed by atoms with Gasteiger partial charge in [-0.15, -0.1) is 0 Å². The van der Waals surface area contributed by atoms with E-state index in [0.717, 1.165) is 115 Å². The highest BCUT2D eigenvalue weighted by Gasteiger charge is 2.30. The summed E-state index contributed by atoms with van der Waals surface area (Å²) in [6.07, 6.45) is 42.0. The number of esters is 4. The first-order valence-corrected chi connectivity index (χ1v) is 38.3. The Kier molecular flexibility index (Phi) is 57.8. The third kappa shape index (κ3) is 62.6. The Balaban J connectivity index is 5.19. The summed E-state index contributed by atoms with van der Waals surface area (Å²) in [4.78, 5) is 72.3. The lowest BCUT2D eigenvalue weighted by Gasteiger charge is -2.21. The van der Waals surface area contributed by atoms with E-state index in [9.17, 15) is 43.2 Å². The van der Waals surface area contributed by atoms with Crippen LogP contribution in [0.4, 0.5) is 0 Å². The third-order valence-electron chi connectivity index (χ3n) is 15.6. The van der Waals surface area contributed by atoms with E-state index in [1.807, 2.05) is 0 Å². The highest BCUT2D eigenvalue weighted by atomic mass is 31.2. The molecule has 0 aliphatic carbocycles. The van der Waals surface area contributed by atoms with E-state index in [2.05, 4.69) is 48.5 Å². The van der Waals surface area contributed by atoms with Gasteiger partial charge in [-0.2, -0.15) is 0 Å². The maximum Gasteiger partial charge on any atom is 0.472 e. The van der Waals surface area contributed by atoms with E-state index in [1.165, 1.54) is 135 Å². The fourth-order valence-electron chi connectivity index (χ4n) is 10.2. The highest BCUT2D eigenvalue weighted by Crippen LogP contribution is 2.45. The van der Waals surface area contributed by atoms with Crippen LogP contribution in [-0.2, 0) is 65.4 Å². The summed E-state index contributed by atoms with van der Waals surface area (Å²) in [5.41, 5.74) is 0. The molecule has 2 unspecified atom stereocenters. The van der Waals surface area contributed by atoms with Crippen LogP contribution in [0.2, 0.25) is 0 Å². The molecule has 0 saturated heterocycles. The number of phosphoric ester groups is 2. The lowest BCUT2D eigenvalue weighted by atomic mass is 10.0. The first kappa shape index (κ1) is 85.1. The second kappa shape index (κ2) is 59.1. The number of unbranched alkanes of at least 4 members (excludes halogenated alkanes) is 34. The van der Waals surface area contributed by atoms with Gasteiger partial charge < -0.3 is 33.8 Å². The van der Waals surface area contributed by atoms with Gasteiger partial charge in [0, 0.05) is 25.7 Å². The van der Waals surface area contributed by atoms with Crippen molar-refractivity contribution < 1.29 is 80.2 Å². The second-order valence-corrected chi connectivity index (χ2v) is 28.9. The minimum Gasteiger partial charge on any atom is -0.462 e. The summed E-state index contributed by atoms with van der Waals surface area (Å²) in [7, 11) is -9.89. The molecule has 0 spiro atoms. The molecule has 0 fully saturated rings. The predicted octanol–water partition coefficient (Wildman–Crippen LogP) is 19.1. The summed E-state index contributed by atoms with van der Waals surface area (Å²) in [6, 6.07) is 0. The Labute approximate surface area is 530 Å². The van der Waals surface area contributed by atoms with Crippen LogP contribution in [-0.4, -0.2) is 96.7 Å². The van der Waals surface area contributed by atoms with Gasteiger partial charge in [-0.1, -0.05) is 286 Å². The van der Waals surface area contributed by atoms with Crippen LogP contribution in [0.25, 0.3) is 0 Å². The van der Waals surface area contributed by atoms with Crippen LogP contribution in [0.5, 0.6) is 0 Å². The van der Waals surface area contributed by atoms with Crippen LogP contribution in [0.1, 0.15) is 337 Å². The maximum absolute atomic E-state index is 13.0. The van der Waals surface area contributed by atoms with E-state index in [4.69, 9.17) is 37.0 Å². The molecular weight excluding hydrogens is 1150 g/mol. The van der Waals surface area contributed by atoms with E-state index in [-0.39, 0.29) is 25.7 Å². The molecule has 17 nitrogen and oxygen atoms in total. The van der Waals surface area contributed by atoms with Gasteiger partial charge in [0.15, 0.2) is 12.2 Å². The van der Waals surface area contributed by atoms with Gasteiger partial charge >= 0.3 is 39.5 Å². The second-order valence-electron chi connectivity index (χ2n) is 26.0. The van der Waals surface area contributed by atoms with Crippen molar-refractivity contribution >= 4 is 39.5 Å². The molecule has 0 aromatic heterocycles. The molecule has 19 heteroatoms. The summed E-state index contributed by atoms with van der Waals surface area (Å²) in [5.74, 6) is 0.106. The molecule has 516 valence electrons. The number of rotatable bonds is 66. The van der Waals surface area contributed by atoms with Crippen LogP contribution >= 0.6 is 15.6 Å². The van der Waals surface area contributed by atoms with Crippen LogP contribution in [0.15, 0.2) is 0 Å². The van der Waals surface area contributed by atoms with Gasteiger partial charge in [-0.25, -0.2) is 9.13 Å². The SMILES string of the molecule is CCCCCCCCCC(=O)OC[C@H](COP(=O)(O)OC[C@H](O)COP(=O)(O)OC[C@@H](COC(=O)CCCCCCCCCCCC(C)C)OC(=O)CCCCCCCCCCCCCCCCCC(C)C)OC(=O)CCCCCCCCCC(C)C. The minimum absolute atomic E-state index is 0.103. The predicted molar refractivity (Wildman–Crippen MR) is 349 cm³/mol. The van der Waals surface area contributed by atoms with E-state index in [1.54, 1.807) is 0 Å². The molecule has 0 radical (unpaired) electrons. The van der Waals surface area contributed by atoms with Crippen molar-refractivity contribution in [3.8, 4) is 0 Å². The summed E-state index contributed by atoms with van der Waals surface area (Å²) >= 11 is 0. The monoisotopic (exact) mass is 1280 g/mol. The van der Waals surface area contributed by atoms with Gasteiger partial charge in [0.2, 0.25) is 0 Å². The van der Waals surface area contributed by atoms with Crippen molar-refractivity contribution in [2.75, 3.05) is 39.6 Å². The van der Waals surface area contributed by atoms with Crippen LogP contribution in [0, 0.1) is 17.8 Å². The quantitative estimate of drug-likeness (QED) is 0.0222. The van der Waals surface area contributed by atoms with Gasteiger partial charge in [0.05, 0.1) is 26.4 Å². The van der Waals surface area contributed by atoms with Crippen molar-refractivity contribution in [3.63, 3.8) is 0 Å². The van der Waals surface area contributed by atoms with Crippen LogP contribution in [0.3, 0.4) is 0 Å². The Morgan fingerprint density at radius 3 is 0.782 bits per heavy atom. The standard InChI is InChI=1S/C68H132O17P2/c1-8-9-10-11-25-35-42-49-65(70)78-55-63(85-68(73)52-45-38-31-24-28-34-41-48-61(6)7)57-82-86(74,75)80-53-62(69)54-81-87(76,77)83-58-64(56-79-66(71)50-43-36-29-23-19-21-27-33-40-47-60(4)5)84-67(72)51-44-37-30-22-18-16-14-12-13-15-17-20-26-32-39-46-59(2)3/h59-64,69H,8-58H2,1-7H3,(H,74,75)(H,76,77)/t62-,63+,64+/m0/s1. The number of phosphoric acid groups is 2. The normalized spacial score (nSPS) is 14.3. The average molecular weight is 1280 g/mol. The fourth-order valence-corrected chi connectivity index (χ4v) is 11.8. The molecule has 0 heterocycles. The maximum atomic E-state index is 13.0. The minimum atomic E-state index is -4.95. The molecular formula is C68H132O17P2. The number of hydrogen-bond donors (Lipinski definition) is 3. The van der Waals surface area contributed by atoms with E-state index in [0.29, 0.717) is 31.6 Å². The lowest BCUT2D eigenvalue weighted by molar-refractivity contribution is -0.161. The summed E-state index contributed by atoms with van der Waals surface area (Å²) < 4.78 is 68.1. The zero-order valence-electron chi connectivity index (χ0n) is 56.5. The smallest absolute Gasteiger partial charge is 0.462 e. The summed E-state index contributed by atoms with van der Waals surface area (Å²) in [5, 5.41) is 10.5. The fraction of sp³-hybridized carbons (Fsp3) is 0.941. The number of ether oxygens (including phenoxy) is 4. The van der Waals surface area contributed by atoms with Gasteiger partial charge in [-0.3, -0.25) is 37.3 Å². The van der Waals surface area contributed by atoms with E-state index >= 15 is 0 Å². The molecule has 3 N–H and O–H groups in total. The lowest BCUT2D eigenvalue weighted by Crippen LogP contribution is -2.30. The first-order valence-electron chi connectivity index (χ1n) is 35.3. The number of aliphatic hydroxyl groups is 1. The van der Waals surface area contributed by atoms with Crippen molar-refractivity contribution in [2.45, 2.75) is 356 Å². The van der Waals surface area contributed by atoms with Gasteiger partial charge in [-0.05, 0) is 43.4 Å². The Morgan fingerprint density at radius 2 is 0.529 bits per heavy atom. The zero-order chi connectivity index (χ0) is 64.5. The average Bonchev–Trinajstić information content (AvgIpc) is 3.50. The molecule has 0 aliphatic rings. The van der Waals surface area contributed by atoms with Crippen molar-refractivity contribution in [1.29, 1.82) is 0 Å². The molecule has 0 bridgehead atoms. The first-order chi connectivity index (χ1) is 41.7. The number of carbonyl (C=O) groups is 4. The number of hydrogen-bond acceptors (Lipinski definition) is 15. The molecule has 0 saturated carbocycles. The zero-order valence-corrected chi connectivity index (χ0v) is 58.3. The molecule has 0 amide bonds. The molecule has 0 rings (SSSR count). The number of carbonyl (C=O) groups excluding carboxylic acids is 4. The Bertz CT molecular complexity index is 1720. The van der Waals surface area contributed by atoms with E-state index < -0.39 is 97.5 Å². The topological polar surface area (TPSA) is 237 Å². The highest BCUT2D eigenvalue weighted by molar-refractivity contribution is 7.47. The Hall–Kier alpha value is -1.94.